The maximum atomic E-state index is 12.8. The van der Waals surface area contributed by atoms with Crippen LogP contribution in [0.5, 0.6) is 5.75 Å². The van der Waals surface area contributed by atoms with Crippen molar-refractivity contribution >= 4 is 23.5 Å². The van der Waals surface area contributed by atoms with E-state index in [1.54, 1.807) is 0 Å². The van der Waals surface area contributed by atoms with Crippen LogP contribution in [0.4, 0.5) is 0 Å². The second-order valence-electron chi connectivity index (χ2n) is 7.55. The van der Waals surface area contributed by atoms with Gasteiger partial charge in [-0.05, 0) is 38.8 Å². The van der Waals surface area contributed by atoms with Crippen LogP contribution < -0.4 is 10.1 Å². The molecule has 0 spiro atoms. The molecule has 2 saturated heterocycles. The molecule has 0 saturated carbocycles. The minimum absolute atomic E-state index is 0.100. The van der Waals surface area contributed by atoms with Crippen molar-refractivity contribution in [2.75, 3.05) is 52.5 Å². The Morgan fingerprint density at radius 1 is 1.20 bits per heavy atom. The molecule has 1 amide bonds. The van der Waals surface area contributed by atoms with Crippen molar-refractivity contribution in [1.82, 2.24) is 15.1 Å². The molecular weight excluding hydrogens is 404 g/mol. The normalized spacial score (nSPS) is 18.4. The molecule has 2 aliphatic heterocycles. The van der Waals surface area contributed by atoms with E-state index >= 15 is 0 Å². The van der Waals surface area contributed by atoms with Crippen molar-refractivity contribution in [1.29, 1.82) is 0 Å². The van der Waals surface area contributed by atoms with Gasteiger partial charge in [-0.2, -0.15) is 0 Å². The Balaban J connectivity index is 1.61. The number of carbonyl (C=O) groups excluding carboxylic acids is 1. The number of amides is 1. The van der Waals surface area contributed by atoms with E-state index in [1.807, 2.05) is 30.0 Å². The van der Waals surface area contributed by atoms with Gasteiger partial charge in [-0.1, -0.05) is 17.7 Å². The number of hydrogen-bond acceptors (Lipinski definition) is 4. The zero-order valence-electron chi connectivity index (χ0n) is 18.0. The third-order valence-electron chi connectivity index (χ3n) is 5.53. The highest BCUT2D eigenvalue weighted by Gasteiger charge is 2.30. The SMILES string of the molecule is CCNC(=NCc1ccc(Cl)cc1OCC)N1CCC(C(=O)N2CCOCC2)CC1. The molecule has 0 atom stereocenters. The Kier molecular flexibility index (Phi) is 8.63. The first-order valence-electron chi connectivity index (χ1n) is 10.9. The van der Waals surface area contributed by atoms with Gasteiger partial charge in [0.25, 0.3) is 0 Å². The molecule has 0 aromatic heterocycles. The molecule has 2 aliphatic rings. The maximum Gasteiger partial charge on any atom is 0.225 e. The largest absolute Gasteiger partial charge is 0.493 e. The topological polar surface area (TPSA) is 66.4 Å². The molecule has 3 rings (SSSR count). The number of halogens is 1. The molecule has 2 heterocycles. The lowest BCUT2D eigenvalue weighted by molar-refractivity contribution is -0.140. The van der Waals surface area contributed by atoms with E-state index in [0.29, 0.717) is 44.5 Å². The molecule has 0 bridgehead atoms. The Labute approximate surface area is 184 Å². The van der Waals surface area contributed by atoms with Crippen LogP contribution in [0.3, 0.4) is 0 Å². The van der Waals surface area contributed by atoms with Gasteiger partial charge in [-0.3, -0.25) is 4.79 Å². The lowest BCUT2D eigenvalue weighted by Crippen LogP contribution is -2.50. The highest BCUT2D eigenvalue weighted by molar-refractivity contribution is 6.30. The summed E-state index contributed by atoms with van der Waals surface area (Å²) in [6.07, 6.45) is 1.71. The summed E-state index contributed by atoms with van der Waals surface area (Å²) in [5.41, 5.74) is 1.01. The molecular formula is C22H33ClN4O3. The Hall–Kier alpha value is -1.99. The van der Waals surface area contributed by atoms with Crippen molar-refractivity contribution in [3.05, 3.63) is 28.8 Å². The molecule has 0 unspecified atom stereocenters. The van der Waals surface area contributed by atoms with Crippen LogP contribution >= 0.6 is 11.6 Å². The van der Waals surface area contributed by atoms with E-state index in [0.717, 1.165) is 49.7 Å². The fourth-order valence-corrected chi connectivity index (χ4v) is 4.08. The molecule has 166 valence electrons. The van der Waals surface area contributed by atoms with Crippen LogP contribution in [0, 0.1) is 5.92 Å². The Bertz CT molecular complexity index is 729. The van der Waals surface area contributed by atoms with Crippen LogP contribution in [-0.2, 0) is 16.1 Å². The van der Waals surface area contributed by atoms with E-state index in [1.165, 1.54) is 0 Å². The molecule has 1 N–H and O–H groups in total. The van der Waals surface area contributed by atoms with Gasteiger partial charge in [-0.25, -0.2) is 4.99 Å². The van der Waals surface area contributed by atoms with Crippen molar-refractivity contribution in [2.45, 2.75) is 33.2 Å². The van der Waals surface area contributed by atoms with Gasteiger partial charge in [0.05, 0.1) is 26.4 Å². The van der Waals surface area contributed by atoms with E-state index in [-0.39, 0.29) is 11.8 Å². The van der Waals surface area contributed by atoms with Crippen molar-refractivity contribution < 1.29 is 14.3 Å². The maximum absolute atomic E-state index is 12.8. The number of piperidine rings is 1. The summed E-state index contributed by atoms with van der Waals surface area (Å²) in [4.78, 5) is 21.8. The number of hydrogen-bond donors (Lipinski definition) is 1. The van der Waals surface area contributed by atoms with Gasteiger partial charge in [0.2, 0.25) is 5.91 Å². The number of morpholine rings is 1. The average Bonchev–Trinajstić information content (AvgIpc) is 2.78. The molecule has 2 fully saturated rings. The smallest absolute Gasteiger partial charge is 0.225 e. The third-order valence-corrected chi connectivity index (χ3v) is 5.76. The van der Waals surface area contributed by atoms with Gasteiger partial charge >= 0.3 is 0 Å². The number of rotatable bonds is 6. The first-order chi connectivity index (χ1) is 14.6. The number of benzene rings is 1. The zero-order valence-corrected chi connectivity index (χ0v) is 18.8. The monoisotopic (exact) mass is 436 g/mol. The summed E-state index contributed by atoms with van der Waals surface area (Å²) in [7, 11) is 0. The van der Waals surface area contributed by atoms with E-state index in [4.69, 9.17) is 26.1 Å². The van der Waals surface area contributed by atoms with Gasteiger partial charge in [0, 0.05) is 49.2 Å². The highest BCUT2D eigenvalue weighted by Crippen LogP contribution is 2.25. The van der Waals surface area contributed by atoms with E-state index < -0.39 is 0 Å². The third kappa shape index (κ3) is 6.01. The second kappa shape index (κ2) is 11.4. The van der Waals surface area contributed by atoms with Crippen LogP contribution in [0.15, 0.2) is 23.2 Å². The predicted octanol–water partition coefficient (Wildman–Crippen LogP) is 2.78. The van der Waals surface area contributed by atoms with Gasteiger partial charge < -0.3 is 24.6 Å². The van der Waals surface area contributed by atoms with Gasteiger partial charge in [0.1, 0.15) is 5.75 Å². The van der Waals surface area contributed by atoms with Crippen LogP contribution in [0.2, 0.25) is 5.02 Å². The van der Waals surface area contributed by atoms with Gasteiger partial charge in [-0.15, -0.1) is 0 Å². The minimum Gasteiger partial charge on any atom is -0.493 e. The summed E-state index contributed by atoms with van der Waals surface area (Å²) in [5.74, 6) is 2.04. The van der Waals surface area contributed by atoms with Crippen LogP contribution in [-0.4, -0.2) is 74.2 Å². The molecule has 7 nitrogen and oxygen atoms in total. The average molecular weight is 437 g/mol. The first kappa shape index (κ1) is 22.7. The number of ether oxygens (including phenoxy) is 2. The number of carbonyl (C=O) groups is 1. The quantitative estimate of drug-likeness (QED) is 0.548. The van der Waals surface area contributed by atoms with E-state index in [9.17, 15) is 4.79 Å². The minimum atomic E-state index is 0.100. The number of aliphatic imine (C=N–C) groups is 1. The number of guanidine groups is 1. The Morgan fingerprint density at radius 2 is 1.93 bits per heavy atom. The standard InChI is InChI=1S/C22H33ClN4O3/c1-3-24-22(25-16-18-5-6-19(23)15-20(18)30-4-2)27-9-7-17(8-10-27)21(28)26-11-13-29-14-12-26/h5-6,15,17H,3-4,7-14,16H2,1-2H3,(H,24,25). The number of nitrogens with one attached hydrogen (secondary N) is 1. The fourth-order valence-electron chi connectivity index (χ4n) is 3.91. The first-order valence-corrected chi connectivity index (χ1v) is 11.3. The summed E-state index contributed by atoms with van der Waals surface area (Å²) in [6, 6.07) is 5.67. The second-order valence-corrected chi connectivity index (χ2v) is 7.99. The predicted molar refractivity (Wildman–Crippen MR) is 119 cm³/mol. The highest BCUT2D eigenvalue weighted by atomic mass is 35.5. The lowest BCUT2D eigenvalue weighted by atomic mass is 9.95. The molecule has 8 heteroatoms. The van der Waals surface area contributed by atoms with Gasteiger partial charge in [0.15, 0.2) is 5.96 Å². The molecule has 1 aromatic carbocycles. The van der Waals surface area contributed by atoms with Crippen molar-refractivity contribution in [3.8, 4) is 5.75 Å². The fraction of sp³-hybridized carbons (Fsp3) is 0.636. The van der Waals surface area contributed by atoms with Crippen molar-refractivity contribution in [3.63, 3.8) is 0 Å². The van der Waals surface area contributed by atoms with Crippen LogP contribution in [0.1, 0.15) is 32.3 Å². The lowest BCUT2D eigenvalue weighted by Gasteiger charge is -2.36. The molecule has 0 aliphatic carbocycles. The van der Waals surface area contributed by atoms with E-state index in [2.05, 4.69) is 17.1 Å². The van der Waals surface area contributed by atoms with Crippen molar-refractivity contribution in [2.24, 2.45) is 10.9 Å². The number of likely N-dealkylation sites (tertiary alicyclic amines) is 1. The summed E-state index contributed by atoms with van der Waals surface area (Å²) >= 11 is 6.11. The summed E-state index contributed by atoms with van der Waals surface area (Å²) in [5, 5.41) is 4.05. The number of nitrogens with zero attached hydrogens (tertiary/aromatic N) is 3. The molecule has 1 aromatic rings. The Morgan fingerprint density at radius 3 is 2.60 bits per heavy atom. The summed E-state index contributed by atoms with van der Waals surface area (Å²) in [6.45, 7) is 10.3. The molecule has 0 radical (unpaired) electrons. The molecule has 30 heavy (non-hydrogen) atoms. The van der Waals surface area contributed by atoms with Crippen LogP contribution in [0.25, 0.3) is 0 Å². The summed E-state index contributed by atoms with van der Waals surface area (Å²) < 4.78 is 11.1. The zero-order chi connectivity index (χ0) is 21.3.